The van der Waals surface area contributed by atoms with Gasteiger partial charge in [-0.1, -0.05) is 42.1 Å². The van der Waals surface area contributed by atoms with Crippen molar-refractivity contribution in [3.63, 3.8) is 0 Å². The van der Waals surface area contributed by atoms with E-state index in [0.717, 1.165) is 34.0 Å². The average molecular weight is 367 g/mol. The third kappa shape index (κ3) is 3.72. The fraction of sp³-hybridized carbons (Fsp3) is 0.211. The summed E-state index contributed by atoms with van der Waals surface area (Å²) in [7, 11) is 0. The number of carbonyl (C=O) groups excluding carboxylic acids is 2. The number of hydrogen-bond acceptors (Lipinski definition) is 5. The number of benzene rings is 2. The van der Waals surface area contributed by atoms with Crippen LogP contribution in [0.25, 0.3) is 10.9 Å². The molecule has 3 aromatic rings. The Morgan fingerprint density at radius 2 is 1.92 bits per heavy atom. The summed E-state index contributed by atoms with van der Waals surface area (Å²) in [4.78, 5) is 22.8. The standard InChI is InChI=1S/C19H17N3O3S/c23-18-17(26-19(24)20-18)11-13-5-7-15(8-6-13)25-10-9-22-12-14-3-1-2-4-16(14)21-22/h1-8,12,17H,9-11H2,(H,20,23,24). The lowest BCUT2D eigenvalue weighted by molar-refractivity contribution is -0.118. The van der Waals surface area contributed by atoms with E-state index in [1.807, 2.05) is 59.4 Å². The monoisotopic (exact) mass is 367 g/mol. The normalized spacial score (nSPS) is 16.8. The summed E-state index contributed by atoms with van der Waals surface area (Å²) in [6.07, 6.45) is 2.54. The maximum atomic E-state index is 11.6. The van der Waals surface area contributed by atoms with Crippen LogP contribution in [0.2, 0.25) is 0 Å². The van der Waals surface area contributed by atoms with Crippen LogP contribution in [-0.2, 0) is 17.8 Å². The van der Waals surface area contributed by atoms with Crippen LogP contribution in [0.5, 0.6) is 5.75 Å². The number of rotatable bonds is 6. The van der Waals surface area contributed by atoms with Gasteiger partial charge >= 0.3 is 0 Å². The maximum absolute atomic E-state index is 11.6. The van der Waals surface area contributed by atoms with Crippen LogP contribution in [0.1, 0.15) is 5.56 Å². The van der Waals surface area contributed by atoms with Gasteiger partial charge in [0.25, 0.3) is 5.24 Å². The number of imide groups is 1. The van der Waals surface area contributed by atoms with E-state index < -0.39 is 0 Å². The maximum Gasteiger partial charge on any atom is 0.286 e. The van der Waals surface area contributed by atoms with Gasteiger partial charge in [-0.3, -0.25) is 19.6 Å². The molecule has 4 rings (SSSR count). The summed E-state index contributed by atoms with van der Waals surface area (Å²) in [6, 6.07) is 15.6. The van der Waals surface area contributed by atoms with Crippen molar-refractivity contribution in [2.45, 2.75) is 18.2 Å². The van der Waals surface area contributed by atoms with Gasteiger partial charge in [-0.25, -0.2) is 0 Å². The minimum absolute atomic E-state index is 0.216. The fourth-order valence-electron chi connectivity index (χ4n) is 2.85. The molecule has 2 heterocycles. The van der Waals surface area contributed by atoms with Gasteiger partial charge in [-0.05, 0) is 30.2 Å². The van der Waals surface area contributed by atoms with Gasteiger partial charge in [-0.15, -0.1) is 0 Å². The quantitative estimate of drug-likeness (QED) is 0.725. The Morgan fingerprint density at radius 1 is 1.12 bits per heavy atom. The van der Waals surface area contributed by atoms with Crippen molar-refractivity contribution in [1.29, 1.82) is 0 Å². The molecule has 2 amide bonds. The lowest BCUT2D eigenvalue weighted by Crippen LogP contribution is -2.25. The molecule has 1 aliphatic heterocycles. The highest BCUT2D eigenvalue weighted by Gasteiger charge is 2.31. The van der Waals surface area contributed by atoms with Crippen LogP contribution in [0.4, 0.5) is 4.79 Å². The largest absolute Gasteiger partial charge is 0.492 e. The topological polar surface area (TPSA) is 73.2 Å². The van der Waals surface area contributed by atoms with Crippen LogP contribution >= 0.6 is 11.8 Å². The summed E-state index contributed by atoms with van der Waals surface area (Å²) in [5.74, 6) is 0.553. The number of hydrogen-bond donors (Lipinski definition) is 1. The van der Waals surface area contributed by atoms with Crippen molar-refractivity contribution >= 4 is 33.8 Å². The smallest absolute Gasteiger partial charge is 0.286 e. The van der Waals surface area contributed by atoms with Crippen LogP contribution in [-0.4, -0.2) is 32.8 Å². The van der Waals surface area contributed by atoms with Gasteiger partial charge < -0.3 is 4.74 Å². The predicted molar refractivity (Wildman–Crippen MR) is 100 cm³/mol. The predicted octanol–water partition coefficient (Wildman–Crippen LogP) is 3.01. The minimum atomic E-state index is -0.344. The summed E-state index contributed by atoms with van der Waals surface area (Å²) >= 11 is 1.05. The Morgan fingerprint density at radius 3 is 2.65 bits per heavy atom. The molecule has 0 bridgehead atoms. The first-order chi connectivity index (χ1) is 12.7. The van der Waals surface area contributed by atoms with Crippen LogP contribution in [0, 0.1) is 0 Å². The highest BCUT2D eigenvalue weighted by atomic mass is 32.2. The molecule has 1 aromatic heterocycles. The molecule has 1 fully saturated rings. The molecule has 1 atom stereocenters. The molecular formula is C19H17N3O3S. The van der Waals surface area contributed by atoms with Crippen molar-refractivity contribution in [3.8, 4) is 5.75 Å². The van der Waals surface area contributed by atoms with E-state index in [1.165, 1.54) is 0 Å². The Bertz CT molecular complexity index is 919. The van der Waals surface area contributed by atoms with Crippen LogP contribution in [0.3, 0.4) is 0 Å². The van der Waals surface area contributed by atoms with Crippen molar-refractivity contribution in [2.75, 3.05) is 6.61 Å². The zero-order valence-electron chi connectivity index (χ0n) is 13.9. The Kier molecular flexibility index (Phi) is 4.62. The van der Waals surface area contributed by atoms with Crippen molar-refractivity contribution in [1.82, 2.24) is 15.1 Å². The molecule has 0 spiro atoms. The molecule has 0 radical (unpaired) electrons. The average Bonchev–Trinajstić information content (AvgIpc) is 3.18. The first kappa shape index (κ1) is 16.7. The molecule has 1 unspecified atom stereocenters. The number of amides is 2. The molecule has 6 nitrogen and oxygen atoms in total. The number of nitrogens with zero attached hydrogens (tertiary/aromatic N) is 2. The van der Waals surface area contributed by atoms with Gasteiger partial charge in [0.2, 0.25) is 5.91 Å². The van der Waals surface area contributed by atoms with Gasteiger partial charge in [0.15, 0.2) is 0 Å². The van der Waals surface area contributed by atoms with E-state index in [0.29, 0.717) is 19.6 Å². The Labute approximate surface area is 154 Å². The van der Waals surface area contributed by atoms with Gasteiger partial charge in [-0.2, -0.15) is 5.10 Å². The fourth-order valence-corrected chi connectivity index (χ4v) is 3.71. The number of ether oxygens (including phenoxy) is 1. The van der Waals surface area contributed by atoms with Crippen LogP contribution in [0.15, 0.2) is 54.7 Å². The molecule has 2 aromatic carbocycles. The molecule has 0 saturated carbocycles. The first-order valence-electron chi connectivity index (χ1n) is 8.33. The molecular weight excluding hydrogens is 350 g/mol. The molecule has 1 aliphatic rings. The molecule has 0 aliphatic carbocycles. The third-order valence-electron chi connectivity index (χ3n) is 4.16. The van der Waals surface area contributed by atoms with Gasteiger partial charge in [0.05, 0.1) is 17.3 Å². The van der Waals surface area contributed by atoms with E-state index in [2.05, 4.69) is 10.4 Å². The number of nitrogens with one attached hydrogen (secondary N) is 1. The zero-order valence-corrected chi connectivity index (χ0v) is 14.7. The summed E-state index contributed by atoms with van der Waals surface area (Å²) in [5.41, 5.74) is 1.97. The lowest BCUT2D eigenvalue weighted by atomic mass is 10.1. The molecule has 7 heteroatoms. The van der Waals surface area contributed by atoms with E-state index >= 15 is 0 Å². The van der Waals surface area contributed by atoms with E-state index in [-0.39, 0.29) is 16.4 Å². The number of aromatic nitrogens is 2. The van der Waals surface area contributed by atoms with Gasteiger partial charge in [0, 0.05) is 11.6 Å². The number of thioether (sulfide) groups is 1. The number of fused-ring (bicyclic) bond motifs is 1. The van der Waals surface area contributed by atoms with Crippen LogP contribution < -0.4 is 10.1 Å². The number of carbonyl (C=O) groups is 2. The second-order valence-electron chi connectivity index (χ2n) is 6.03. The SMILES string of the molecule is O=C1NC(=O)C(Cc2ccc(OCCn3cc4ccccc4n3)cc2)S1. The van der Waals surface area contributed by atoms with Gasteiger partial charge in [0.1, 0.15) is 12.4 Å². The van der Waals surface area contributed by atoms with Crippen molar-refractivity contribution in [2.24, 2.45) is 0 Å². The second-order valence-corrected chi connectivity index (χ2v) is 7.21. The summed E-state index contributed by atoms with van der Waals surface area (Å²) in [6.45, 7) is 1.18. The first-order valence-corrected chi connectivity index (χ1v) is 9.21. The highest BCUT2D eigenvalue weighted by Crippen LogP contribution is 2.23. The Balaban J connectivity index is 1.30. The van der Waals surface area contributed by atoms with Crippen molar-refractivity contribution < 1.29 is 14.3 Å². The molecule has 26 heavy (non-hydrogen) atoms. The summed E-state index contributed by atoms with van der Waals surface area (Å²) in [5, 5.41) is 7.30. The molecule has 1 N–H and O–H groups in total. The lowest BCUT2D eigenvalue weighted by Gasteiger charge is -2.08. The Hall–Kier alpha value is -2.80. The third-order valence-corrected chi connectivity index (χ3v) is 5.14. The van der Waals surface area contributed by atoms with E-state index in [9.17, 15) is 9.59 Å². The summed E-state index contributed by atoms with van der Waals surface area (Å²) < 4.78 is 7.65. The molecule has 132 valence electrons. The highest BCUT2D eigenvalue weighted by molar-refractivity contribution is 8.15. The second kappa shape index (κ2) is 7.21. The van der Waals surface area contributed by atoms with E-state index in [1.54, 1.807) is 0 Å². The zero-order chi connectivity index (χ0) is 17.9. The van der Waals surface area contributed by atoms with E-state index in [4.69, 9.17) is 4.74 Å². The molecule has 1 saturated heterocycles. The minimum Gasteiger partial charge on any atom is -0.492 e. The van der Waals surface area contributed by atoms with Crippen molar-refractivity contribution in [3.05, 3.63) is 60.3 Å².